The summed E-state index contributed by atoms with van der Waals surface area (Å²) in [7, 11) is -1.85. The van der Waals surface area contributed by atoms with Gasteiger partial charge in [0.15, 0.2) is 0 Å². The van der Waals surface area contributed by atoms with Gasteiger partial charge in [-0.05, 0) is 25.7 Å². The highest BCUT2D eigenvalue weighted by Crippen LogP contribution is 2.35. The van der Waals surface area contributed by atoms with Gasteiger partial charge < -0.3 is 0 Å². The first-order valence-electron chi connectivity index (χ1n) is 7.53. The molecule has 0 aromatic carbocycles. The third-order valence-electron chi connectivity index (χ3n) is 4.60. The summed E-state index contributed by atoms with van der Waals surface area (Å²) in [4.78, 5) is 12.3. The van der Waals surface area contributed by atoms with Crippen LogP contribution in [0.25, 0.3) is 0 Å². The van der Waals surface area contributed by atoms with E-state index in [1.807, 2.05) is 0 Å². The molecule has 116 valence electrons. The van der Waals surface area contributed by atoms with Crippen molar-refractivity contribution in [3.05, 3.63) is 12.4 Å². The van der Waals surface area contributed by atoms with Crippen molar-refractivity contribution in [2.45, 2.75) is 49.5 Å². The molecule has 0 bridgehead atoms. The number of ketones is 1. The first kappa shape index (κ1) is 14.7. The van der Waals surface area contributed by atoms with E-state index in [0.29, 0.717) is 13.0 Å². The summed E-state index contributed by atoms with van der Waals surface area (Å²) < 4.78 is 28.7. The molecule has 0 spiro atoms. The lowest BCUT2D eigenvalue weighted by Crippen LogP contribution is -2.48. The number of carbonyl (C=O) groups excluding carboxylic acids is 1. The number of aryl methyl sites for hydroxylation is 1. The number of piperidine rings is 1. The predicted molar refractivity (Wildman–Crippen MR) is 77.1 cm³/mol. The van der Waals surface area contributed by atoms with E-state index in [0.717, 1.165) is 32.1 Å². The lowest BCUT2D eigenvalue weighted by Gasteiger charge is -2.37. The van der Waals surface area contributed by atoms with E-state index in [1.165, 1.54) is 17.1 Å². The number of nitrogens with zero attached hydrogens (tertiary/aromatic N) is 3. The molecule has 7 heteroatoms. The van der Waals surface area contributed by atoms with Crippen molar-refractivity contribution in [2.75, 3.05) is 6.54 Å². The second-order valence-electron chi connectivity index (χ2n) is 5.99. The molecule has 1 aromatic heterocycles. The summed E-state index contributed by atoms with van der Waals surface area (Å²) in [6.07, 6.45) is 7.86. The maximum absolute atomic E-state index is 12.8. The molecule has 2 fully saturated rings. The van der Waals surface area contributed by atoms with Gasteiger partial charge in [-0.3, -0.25) is 9.48 Å². The summed E-state index contributed by atoms with van der Waals surface area (Å²) in [5.41, 5.74) is 0. The third kappa shape index (κ3) is 2.64. The number of rotatable bonds is 3. The first-order chi connectivity index (χ1) is 10.00. The van der Waals surface area contributed by atoms with Crippen LogP contribution in [0.2, 0.25) is 0 Å². The number of sulfonamides is 1. The van der Waals surface area contributed by atoms with Gasteiger partial charge in [0.2, 0.25) is 10.0 Å². The second-order valence-corrected chi connectivity index (χ2v) is 7.88. The lowest BCUT2D eigenvalue weighted by atomic mass is 9.90. The molecule has 2 heterocycles. The van der Waals surface area contributed by atoms with E-state index >= 15 is 0 Å². The Morgan fingerprint density at radius 2 is 2.05 bits per heavy atom. The highest BCUT2D eigenvalue weighted by Gasteiger charge is 2.42. The normalized spacial score (nSPS) is 28.1. The Hall–Kier alpha value is -1.21. The maximum Gasteiger partial charge on any atom is 0.246 e. The Bertz CT molecular complexity index is 638. The van der Waals surface area contributed by atoms with Gasteiger partial charge in [0.25, 0.3) is 0 Å². The Labute approximate surface area is 125 Å². The van der Waals surface area contributed by atoms with Crippen LogP contribution in [0.1, 0.15) is 38.5 Å². The maximum atomic E-state index is 12.8. The van der Waals surface area contributed by atoms with Gasteiger partial charge in [-0.25, -0.2) is 8.42 Å². The summed E-state index contributed by atoms with van der Waals surface area (Å²) in [6, 6.07) is -0.168. The second kappa shape index (κ2) is 5.53. The van der Waals surface area contributed by atoms with Gasteiger partial charge in [0, 0.05) is 38.2 Å². The van der Waals surface area contributed by atoms with Crippen LogP contribution in [0.5, 0.6) is 0 Å². The largest absolute Gasteiger partial charge is 0.299 e. The van der Waals surface area contributed by atoms with E-state index in [2.05, 4.69) is 5.10 Å². The van der Waals surface area contributed by atoms with Gasteiger partial charge in [-0.1, -0.05) is 6.42 Å². The molecule has 6 nitrogen and oxygen atoms in total. The molecule has 1 saturated heterocycles. The molecule has 2 unspecified atom stereocenters. The number of carbonyl (C=O) groups is 1. The van der Waals surface area contributed by atoms with Crippen molar-refractivity contribution in [1.82, 2.24) is 14.1 Å². The minimum atomic E-state index is -3.55. The molecule has 21 heavy (non-hydrogen) atoms. The Morgan fingerprint density at radius 1 is 1.24 bits per heavy atom. The molecule has 1 aliphatic carbocycles. The number of hydrogen-bond acceptors (Lipinski definition) is 4. The fraction of sp³-hybridized carbons (Fsp3) is 0.714. The Kier molecular flexibility index (Phi) is 3.88. The number of aromatic nitrogens is 2. The van der Waals surface area contributed by atoms with Gasteiger partial charge in [-0.2, -0.15) is 9.40 Å². The van der Waals surface area contributed by atoms with Gasteiger partial charge in [-0.15, -0.1) is 0 Å². The van der Waals surface area contributed by atoms with E-state index in [9.17, 15) is 13.2 Å². The molecule has 0 N–H and O–H groups in total. The Morgan fingerprint density at radius 3 is 2.67 bits per heavy atom. The van der Waals surface area contributed by atoms with Crippen LogP contribution in [-0.2, 0) is 21.9 Å². The zero-order valence-corrected chi connectivity index (χ0v) is 13.1. The van der Waals surface area contributed by atoms with Crippen LogP contribution in [-0.4, -0.2) is 40.9 Å². The van der Waals surface area contributed by atoms with Gasteiger partial charge >= 0.3 is 0 Å². The van der Waals surface area contributed by atoms with E-state index in [-0.39, 0.29) is 22.6 Å². The van der Waals surface area contributed by atoms with Crippen molar-refractivity contribution in [1.29, 1.82) is 0 Å². The zero-order chi connectivity index (χ0) is 15.0. The van der Waals surface area contributed by atoms with E-state index in [4.69, 9.17) is 0 Å². The molecule has 0 amide bonds. The third-order valence-corrected chi connectivity index (χ3v) is 6.48. The molecule has 2 aliphatic rings. The lowest BCUT2D eigenvalue weighted by molar-refractivity contribution is -0.122. The standard InChI is InChI=1S/C14H21N3O3S/c1-16-10-11(9-15-16)21(19,20)17-8-3-2-6-13(17)12-5-4-7-14(12)18/h9-10,12-13H,2-8H2,1H3. The fourth-order valence-electron chi connectivity index (χ4n) is 3.55. The summed E-state index contributed by atoms with van der Waals surface area (Å²) in [6.45, 7) is 0.506. The Balaban J connectivity index is 1.92. The van der Waals surface area contributed by atoms with Crippen LogP contribution in [0, 0.1) is 5.92 Å². The average molecular weight is 311 g/mol. The van der Waals surface area contributed by atoms with Crippen molar-refractivity contribution < 1.29 is 13.2 Å². The van der Waals surface area contributed by atoms with Crippen molar-refractivity contribution in [3.8, 4) is 0 Å². The highest BCUT2D eigenvalue weighted by molar-refractivity contribution is 7.89. The molecule has 1 aliphatic heterocycles. The smallest absolute Gasteiger partial charge is 0.246 e. The zero-order valence-electron chi connectivity index (χ0n) is 12.2. The number of Topliss-reactive ketones (excluding diaryl/α,β-unsaturated/α-hetero) is 1. The minimum Gasteiger partial charge on any atom is -0.299 e. The van der Waals surface area contributed by atoms with Gasteiger partial charge in [0.05, 0.1) is 6.20 Å². The number of hydrogen-bond donors (Lipinski definition) is 0. The molecule has 0 radical (unpaired) electrons. The van der Waals surface area contributed by atoms with E-state index in [1.54, 1.807) is 11.4 Å². The SMILES string of the molecule is Cn1cc(S(=O)(=O)N2CCCCC2C2CCCC2=O)cn1. The van der Waals surface area contributed by atoms with E-state index < -0.39 is 10.0 Å². The summed E-state index contributed by atoms with van der Waals surface area (Å²) in [5, 5.41) is 3.96. The molecular formula is C14H21N3O3S. The predicted octanol–water partition coefficient (Wildman–Crippen LogP) is 1.33. The molecule has 2 atom stereocenters. The van der Waals surface area contributed by atoms with Crippen molar-refractivity contribution in [3.63, 3.8) is 0 Å². The monoisotopic (exact) mass is 311 g/mol. The van der Waals surface area contributed by atoms with Crippen LogP contribution >= 0.6 is 0 Å². The highest BCUT2D eigenvalue weighted by atomic mass is 32.2. The fourth-order valence-corrected chi connectivity index (χ4v) is 5.26. The first-order valence-corrected chi connectivity index (χ1v) is 8.97. The van der Waals surface area contributed by atoms with Crippen LogP contribution in [0.3, 0.4) is 0 Å². The summed E-state index contributed by atoms with van der Waals surface area (Å²) >= 11 is 0. The summed E-state index contributed by atoms with van der Waals surface area (Å²) in [5.74, 6) is 0.116. The van der Waals surface area contributed by atoms with Crippen LogP contribution in [0.4, 0.5) is 0 Å². The van der Waals surface area contributed by atoms with Crippen LogP contribution in [0.15, 0.2) is 17.3 Å². The van der Waals surface area contributed by atoms with Gasteiger partial charge in [0.1, 0.15) is 10.7 Å². The minimum absolute atomic E-state index is 0.114. The van der Waals surface area contributed by atoms with Crippen molar-refractivity contribution >= 4 is 15.8 Å². The quantitative estimate of drug-likeness (QED) is 0.844. The molecule has 3 rings (SSSR count). The molecule has 1 aromatic rings. The van der Waals surface area contributed by atoms with Crippen LogP contribution < -0.4 is 0 Å². The molecule has 1 saturated carbocycles. The van der Waals surface area contributed by atoms with Crippen molar-refractivity contribution in [2.24, 2.45) is 13.0 Å². The molecular weight excluding hydrogens is 290 g/mol. The average Bonchev–Trinajstić information content (AvgIpc) is 3.08. The topological polar surface area (TPSA) is 72.3 Å².